The second kappa shape index (κ2) is 7.03. The number of carbonyl (C=O) groups excluding carboxylic acids is 2. The fourth-order valence-electron chi connectivity index (χ4n) is 3.32. The van der Waals surface area contributed by atoms with Crippen molar-refractivity contribution >= 4 is 39.9 Å². The van der Waals surface area contributed by atoms with Gasteiger partial charge < -0.3 is 20.0 Å². The topological polar surface area (TPSA) is 104 Å². The van der Waals surface area contributed by atoms with Crippen molar-refractivity contribution in [3.8, 4) is 0 Å². The van der Waals surface area contributed by atoms with Crippen LogP contribution in [0.25, 0.3) is 11.0 Å². The number of imidazole rings is 1. The average molecular weight is 385 g/mol. The fourth-order valence-corrected chi connectivity index (χ4v) is 4.42. The lowest BCUT2D eigenvalue weighted by atomic mass is 9.90. The normalized spacial score (nSPS) is 16.1. The van der Waals surface area contributed by atoms with Crippen LogP contribution in [-0.4, -0.2) is 28.5 Å². The zero-order valence-corrected chi connectivity index (χ0v) is 15.6. The third kappa shape index (κ3) is 3.80. The number of aryl methyl sites for hydroxylation is 1. The van der Waals surface area contributed by atoms with E-state index in [9.17, 15) is 14.4 Å². The Balaban J connectivity index is 1.35. The quantitative estimate of drug-likeness (QED) is 0.601. The van der Waals surface area contributed by atoms with E-state index in [1.165, 1.54) is 21.8 Å². The molecule has 0 unspecified atom stereocenters. The Kier molecular flexibility index (Phi) is 4.57. The van der Waals surface area contributed by atoms with Crippen molar-refractivity contribution in [2.24, 2.45) is 5.92 Å². The molecular weight excluding hydrogens is 366 g/mol. The molecule has 1 atom stereocenters. The maximum atomic E-state index is 12.2. The van der Waals surface area contributed by atoms with Crippen molar-refractivity contribution in [3.63, 3.8) is 0 Å². The van der Waals surface area contributed by atoms with Crippen LogP contribution in [-0.2, 0) is 22.4 Å². The Labute approximate surface area is 158 Å². The van der Waals surface area contributed by atoms with Gasteiger partial charge in [0.05, 0.1) is 11.0 Å². The van der Waals surface area contributed by atoms with E-state index in [1.807, 2.05) is 6.07 Å². The van der Waals surface area contributed by atoms with E-state index in [2.05, 4.69) is 22.2 Å². The lowest BCUT2D eigenvalue weighted by molar-refractivity contribution is -0.119. The minimum Gasteiger partial charge on any atom is -0.451 e. The molecule has 0 aliphatic heterocycles. The van der Waals surface area contributed by atoms with E-state index in [0.29, 0.717) is 27.5 Å². The Bertz CT molecular complexity index is 1080. The molecule has 2 aromatic heterocycles. The first-order chi connectivity index (χ1) is 13.0. The molecule has 3 N–H and O–H groups in total. The van der Waals surface area contributed by atoms with Crippen molar-refractivity contribution in [2.45, 2.75) is 26.2 Å². The number of thiophene rings is 1. The number of H-pyrrole nitrogens is 2. The Hall–Kier alpha value is -2.87. The zero-order chi connectivity index (χ0) is 19.0. The second-order valence-electron chi connectivity index (χ2n) is 6.87. The van der Waals surface area contributed by atoms with E-state index >= 15 is 0 Å². The number of anilines is 1. The third-order valence-corrected chi connectivity index (χ3v) is 5.88. The van der Waals surface area contributed by atoms with E-state index < -0.39 is 11.9 Å². The van der Waals surface area contributed by atoms with Crippen LogP contribution in [0.1, 0.15) is 33.5 Å². The van der Waals surface area contributed by atoms with E-state index in [-0.39, 0.29) is 12.3 Å². The van der Waals surface area contributed by atoms with Gasteiger partial charge >= 0.3 is 11.7 Å². The van der Waals surface area contributed by atoms with Gasteiger partial charge in [-0.2, -0.15) is 0 Å². The molecule has 0 spiro atoms. The van der Waals surface area contributed by atoms with Gasteiger partial charge in [-0.05, 0) is 55.0 Å². The van der Waals surface area contributed by atoms with E-state index in [4.69, 9.17) is 4.74 Å². The highest BCUT2D eigenvalue weighted by molar-refractivity contribution is 7.14. The van der Waals surface area contributed by atoms with Crippen LogP contribution in [0.5, 0.6) is 0 Å². The Morgan fingerprint density at radius 3 is 2.93 bits per heavy atom. The highest BCUT2D eigenvalue weighted by Gasteiger charge is 2.21. The molecule has 0 fully saturated rings. The number of ether oxygens (including phenoxy) is 1. The third-order valence-electron chi connectivity index (χ3n) is 4.66. The molecule has 0 saturated heterocycles. The smallest absolute Gasteiger partial charge is 0.348 e. The van der Waals surface area contributed by atoms with Crippen LogP contribution in [0.3, 0.4) is 0 Å². The summed E-state index contributed by atoms with van der Waals surface area (Å²) in [6.07, 6.45) is 3.13. The zero-order valence-electron chi connectivity index (χ0n) is 14.8. The molecule has 0 bridgehead atoms. The molecule has 1 aromatic carbocycles. The molecule has 0 saturated carbocycles. The SMILES string of the molecule is C[C@@H]1CCc2sc(C(=O)OCC(=O)Nc3ccc4[nH]c(=O)[nH]c4c3)cc2C1. The number of fused-ring (bicyclic) bond motifs is 2. The first-order valence-corrected chi connectivity index (χ1v) is 9.60. The summed E-state index contributed by atoms with van der Waals surface area (Å²) in [6.45, 7) is 1.85. The number of esters is 1. The predicted molar refractivity (Wildman–Crippen MR) is 103 cm³/mol. The van der Waals surface area contributed by atoms with Gasteiger partial charge in [-0.15, -0.1) is 11.3 Å². The van der Waals surface area contributed by atoms with Gasteiger partial charge in [0.2, 0.25) is 0 Å². The number of amides is 1. The monoisotopic (exact) mass is 385 g/mol. The number of hydrogen-bond donors (Lipinski definition) is 3. The van der Waals surface area contributed by atoms with Gasteiger partial charge in [0, 0.05) is 10.6 Å². The maximum absolute atomic E-state index is 12.2. The van der Waals surface area contributed by atoms with Crippen LogP contribution in [0.4, 0.5) is 5.69 Å². The summed E-state index contributed by atoms with van der Waals surface area (Å²) in [7, 11) is 0. The van der Waals surface area contributed by atoms with Crippen LogP contribution in [0.2, 0.25) is 0 Å². The van der Waals surface area contributed by atoms with Crippen LogP contribution < -0.4 is 11.0 Å². The summed E-state index contributed by atoms with van der Waals surface area (Å²) in [4.78, 5) is 42.6. The van der Waals surface area contributed by atoms with Gasteiger partial charge in [-0.3, -0.25) is 4.79 Å². The predicted octanol–water partition coefficient (Wildman–Crippen LogP) is 2.84. The molecule has 0 radical (unpaired) electrons. The summed E-state index contributed by atoms with van der Waals surface area (Å²) in [5.74, 6) is -0.271. The van der Waals surface area contributed by atoms with Crippen molar-refractivity contribution in [3.05, 3.63) is 50.1 Å². The van der Waals surface area contributed by atoms with E-state index in [0.717, 1.165) is 19.3 Å². The number of benzene rings is 1. The Morgan fingerprint density at radius 2 is 2.07 bits per heavy atom. The van der Waals surface area contributed by atoms with Crippen LogP contribution >= 0.6 is 11.3 Å². The average Bonchev–Trinajstić information content (AvgIpc) is 3.21. The summed E-state index contributed by atoms with van der Waals surface area (Å²) in [6, 6.07) is 6.89. The molecule has 1 amide bonds. The summed E-state index contributed by atoms with van der Waals surface area (Å²) >= 11 is 1.46. The molecule has 4 rings (SSSR count). The van der Waals surface area contributed by atoms with Gasteiger partial charge in [-0.25, -0.2) is 9.59 Å². The van der Waals surface area contributed by atoms with Crippen LogP contribution in [0.15, 0.2) is 29.1 Å². The highest BCUT2D eigenvalue weighted by atomic mass is 32.1. The lowest BCUT2D eigenvalue weighted by Crippen LogP contribution is -2.20. The molecule has 140 valence electrons. The number of hydrogen-bond acceptors (Lipinski definition) is 5. The minimum absolute atomic E-state index is 0.310. The van der Waals surface area contributed by atoms with Gasteiger partial charge in [0.1, 0.15) is 4.88 Å². The first-order valence-electron chi connectivity index (χ1n) is 8.78. The number of aromatic nitrogens is 2. The minimum atomic E-state index is -0.470. The van der Waals surface area contributed by atoms with Crippen molar-refractivity contribution in [2.75, 3.05) is 11.9 Å². The van der Waals surface area contributed by atoms with Gasteiger partial charge in [0.15, 0.2) is 6.61 Å². The highest BCUT2D eigenvalue weighted by Crippen LogP contribution is 2.32. The molecule has 1 aliphatic rings. The summed E-state index contributed by atoms with van der Waals surface area (Å²) in [5, 5.41) is 2.66. The second-order valence-corrected chi connectivity index (χ2v) is 8.01. The molecule has 27 heavy (non-hydrogen) atoms. The maximum Gasteiger partial charge on any atom is 0.348 e. The van der Waals surface area contributed by atoms with Crippen molar-refractivity contribution in [1.82, 2.24) is 9.97 Å². The number of nitrogens with one attached hydrogen (secondary N) is 3. The summed E-state index contributed by atoms with van der Waals surface area (Å²) < 4.78 is 5.15. The molecule has 2 heterocycles. The molecule has 1 aliphatic carbocycles. The Morgan fingerprint density at radius 1 is 1.26 bits per heavy atom. The first kappa shape index (κ1) is 17.5. The standard InChI is InChI=1S/C19H19N3O4S/c1-10-2-5-15-11(6-10)7-16(27-15)18(24)26-9-17(23)20-12-3-4-13-14(8-12)22-19(25)21-13/h3-4,7-8,10H,2,5-6,9H2,1H3,(H,20,23)(H2,21,22,25)/t10-/m1/s1. The largest absolute Gasteiger partial charge is 0.451 e. The molecule has 3 aromatic rings. The fraction of sp³-hybridized carbons (Fsp3) is 0.316. The van der Waals surface area contributed by atoms with Crippen LogP contribution in [0, 0.1) is 5.92 Å². The number of carbonyl (C=O) groups is 2. The molecular formula is C19H19N3O4S. The molecule has 7 nitrogen and oxygen atoms in total. The van der Waals surface area contributed by atoms with Gasteiger partial charge in [-0.1, -0.05) is 6.92 Å². The summed E-state index contributed by atoms with van der Waals surface area (Å²) in [5.41, 5.74) is 2.67. The van der Waals surface area contributed by atoms with Crippen molar-refractivity contribution < 1.29 is 14.3 Å². The molecule has 8 heteroatoms. The number of rotatable bonds is 4. The van der Waals surface area contributed by atoms with Gasteiger partial charge in [0.25, 0.3) is 5.91 Å². The number of aromatic amines is 2. The van der Waals surface area contributed by atoms with Crippen molar-refractivity contribution in [1.29, 1.82) is 0 Å². The van der Waals surface area contributed by atoms with E-state index in [1.54, 1.807) is 18.2 Å². The lowest BCUT2D eigenvalue weighted by Gasteiger charge is -2.16.